The maximum atomic E-state index is 12.5. The number of rotatable bonds is 11. The Morgan fingerprint density at radius 1 is 0.867 bits per heavy atom. The summed E-state index contributed by atoms with van der Waals surface area (Å²) < 4.78 is 27.3. The zero-order valence-corrected chi connectivity index (χ0v) is 18.2. The Labute approximate surface area is 178 Å². The van der Waals surface area contributed by atoms with E-state index in [1.165, 1.54) is 12.1 Å². The lowest BCUT2D eigenvalue weighted by Gasteiger charge is -2.10. The van der Waals surface area contributed by atoms with Crippen molar-refractivity contribution >= 4 is 33.2 Å². The number of amides is 2. The summed E-state index contributed by atoms with van der Waals surface area (Å²) in [5.74, 6) is -0.490. The van der Waals surface area contributed by atoms with Gasteiger partial charge in [0.1, 0.15) is 0 Å². The van der Waals surface area contributed by atoms with Gasteiger partial charge in [-0.05, 0) is 48.9 Å². The first-order valence-corrected chi connectivity index (χ1v) is 11.6. The lowest BCUT2D eigenvalue weighted by Crippen LogP contribution is -2.24. The molecule has 2 amide bonds. The first-order valence-electron chi connectivity index (χ1n) is 10.2. The first kappa shape index (κ1) is 23.6. The second kappa shape index (κ2) is 11.5. The molecule has 0 aromatic heterocycles. The number of hydrogen-bond donors (Lipinski definition) is 3. The van der Waals surface area contributed by atoms with Crippen LogP contribution in [0.3, 0.4) is 0 Å². The molecule has 2 rings (SSSR count). The zero-order chi connectivity index (χ0) is 22.0. The Kier molecular flexibility index (Phi) is 9.01. The van der Waals surface area contributed by atoms with Gasteiger partial charge in [0.25, 0.3) is 5.91 Å². The van der Waals surface area contributed by atoms with Crippen LogP contribution in [0.1, 0.15) is 56.3 Å². The van der Waals surface area contributed by atoms with Crippen LogP contribution in [0.5, 0.6) is 0 Å². The summed E-state index contributed by atoms with van der Waals surface area (Å²) in [6.45, 7) is 4.26. The van der Waals surface area contributed by atoms with Gasteiger partial charge < -0.3 is 10.6 Å². The summed E-state index contributed by atoms with van der Waals surface area (Å²) in [5.41, 5.74) is 1.40. The van der Waals surface area contributed by atoms with E-state index in [9.17, 15) is 18.0 Å². The maximum Gasteiger partial charge on any atom is 0.255 e. The number of anilines is 2. The molecule has 162 valence electrons. The van der Waals surface area contributed by atoms with Gasteiger partial charge in [-0.1, -0.05) is 39.2 Å². The smallest absolute Gasteiger partial charge is 0.255 e. The molecule has 0 aliphatic heterocycles. The minimum absolute atomic E-state index is 0.136. The predicted molar refractivity (Wildman–Crippen MR) is 119 cm³/mol. The SMILES string of the molecule is CCCCCCNS(=O)(=O)c1ccc(NC(=O)c2cccc(NC(=O)CC)c2)cc1. The Hall–Kier alpha value is -2.71. The highest BCUT2D eigenvalue weighted by Gasteiger charge is 2.14. The van der Waals surface area contributed by atoms with Gasteiger partial charge in [-0.25, -0.2) is 13.1 Å². The molecule has 8 heteroatoms. The van der Waals surface area contributed by atoms with Crippen LogP contribution < -0.4 is 15.4 Å². The van der Waals surface area contributed by atoms with Gasteiger partial charge in [0, 0.05) is 29.9 Å². The summed E-state index contributed by atoms with van der Waals surface area (Å²) in [7, 11) is -3.57. The fraction of sp³-hybridized carbons (Fsp3) is 0.364. The van der Waals surface area contributed by atoms with E-state index in [2.05, 4.69) is 22.3 Å². The van der Waals surface area contributed by atoms with Gasteiger partial charge in [-0.3, -0.25) is 9.59 Å². The zero-order valence-electron chi connectivity index (χ0n) is 17.4. The fourth-order valence-corrected chi connectivity index (χ4v) is 3.82. The molecule has 0 heterocycles. The number of sulfonamides is 1. The van der Waals surface area contributed by atoms with E-state index >= 15 is 0 Å². The van der Waals surface area contributed by atoms with Gasteiger partial charge >= 0.3 is 0 Å². The van der Waals surface area contributed by atoms with Crippen LogP contribution >= 0.6 is 0 Å². The number of benzene rings is 2. The van der Waals surface area contributed by atoms with Crippen LogP contribution in [0.2, 0.25) is 0 Å². The Balaban J connectivity index is 1.97. The van der Waals surface area contributed by atoms with Crippen LogP contribution in [0, 0.1) is 0 Å². The van der Waals surface area contributed by atoms with E-state index in [4.69, 9.17) is 0 Å². The molecule has 2 aromatic carbocycles. The largest absolute Gasteiger partial charge is 0.326 e. The lowest BCUT2D eigenvalue weighted by atomic mass is 10.1. The summed E-state index contributed by atoms with van der Waals surface area (Å²) in [6.07, 6.45) is 4.33. The molecule has 0 aliphatic carbocycles. The fourth-order valence-electron chi connectivity index (χ4n) is 2.75. The van der Waals surface area contributed by atoms with Crippen LogP contribution in [-0.4, -0.2) is 26.8 Å². The molecule has 0 aliphatic rings. The molecule has 2 aromatic rings. The van der Waals surface area contributed by atoms with Gasteiger partial charge in [0.05, 0.1) is 4.90 Å². The molecule has 3 N–H and O–H groups in total. The van der Waals surface area contributed by atoms with E-state index in [1.54, 1.807) is 43.3 Å². The lowest BCUT2D eigenvalue weighted by molar-refractivity contribution is -0.115. The number of nitrogens with one attached hydrogen (secondary N) is 3. The third-order valence-electron chi connectivity index (χ3n) is 4.47. The van der Waals surface area contributed by atoms with Crippen molar-refractivity contribution in [1.82, 2.24) is 4.72 Å². The maximum absolute atomic E-state index is 12.5. The van der Waals surface area contributed by atoms with Crippen LogP contribution in [0.4, 0.5) is 11.4 Å². The van der Waals surface area contributed by atoms with Crippen molar-refractivity contribution in [3.05, 3.63) is 54.1 Å². The third kappa shape index (κ3) is 7.27. The molecule has 0 unspecified atom stereocenters. The number of carbonyl (C=O) groups is 2. The van der Waals surface area contributed by atoms with E-state index < -0.39 is 10.0 Å². The number of hydrogen-bond acceptors (Lipinski definition) is 4. The molecule has 0 radical (unpaired) electrons. The molecule has 0 bridgehead atoms. The summed E-state index contributed by atoms with van der Waals surface area (Å²) in [5, 5.41) is 5.44. The standard InChI is InChI=1S/C22H29N3O4S/c1-3-5-6-7-15-23-30(28,29)20-13-11-18(12-14-20)25-22(27)17-9-8-10-19(16-17)24-21(26)4-2/h8-14,16,23H,3-7,15H2,1-2H3,(H,24,26)(H,25,27). The minimum Gasteiger partial charge on any atom is -0.326 e. The Morgan fingerprint density at radius 2 is 1.60 bits per heavy atom. The van der Waals surface area contributed by atoms with Crippen LogP contribution in [0.25, 0.3) is 0 Å². The van der Waals surface area contributed by atoms with Crippen molar-refractivity contribution in [3.63, 3.8) is 0 Å². The monoisotopic (exact) mass is 431 g/mol. The molecule has 0 saturated heterocycles. The summed E-state index contributed by atoms with van der Waals surface area (Å²) in [4.78, 5) is 24.1. The molecule has 0 spiro atoms. The number of unbranched alkanes of at least 4 members (excludes halogenated alkanes) is 3. The summed E-state index contributed by atoms with van der Waals surface area (Å²) >= 11 is 0. The first-order chi connectivity index (χ1) is 14.4. The van der Waals surface area contributed by atoms with E-state index in [1.807, 2.05) is 0 Å². The van der Waals surface area contributed by atoms with Crippen molar-refractivity contribution in [1.29, 1.82) is 0 Å². The molecular weight excluding hydrogens is 402 g/mol. The molecular formula is C22H29N3O4S. The van der Waals surface area contributed by atoms with Crippen molar-refractivity contribution in [3.8, 4) is 0 Å². The molecule has 0 atom stereocenters. The second-order valence-electron chi connectivity index (χ2n) is 6.92. The highest BCUT2D eigenvalue weighted by molar-refractivity contribution is 7.89. The molecule has 0 saturated carbocycles. The Bertz CT molecular complexity index is 957. The number of carbonyl (C=O) groups excluding carboxylic acids is 2. The van der Waals surface area contributed by atoms with Gasteiger partial charge in [-0.2, -0.15) is 0 Å². The van der Waals surface area contributed by atoms with Crippen molar-refractivity contribution < 1.29 is 18.0 Å². The van der Waals surface area contributed by atoms with Crippen molar-refractivity contribution in [2.24, 2.45) is 0 Å². The van der Waals surface area contributed by atoms with Gasteiger partial charge in [0.2, 0.25) is 15.9 Å². The third-order valence-corrected chi connectivity index (χ3v) is 5.95. The average molecular weight is 432 g/mol. The average Bonchev–Trinajstić information content (AvgIpc) is 2.74. The topological polar surface area (TPSA) is 104 Å². The van der Waals surface area contributed by atoms with E-state index in [-0.39, 0.29) is 16.7 Å². The van der Waals surface area contributed by atoms with Crippen molar-refractivity contribution in [2.75, 3.05) is 17.2 Å². The van der Waals surface area contributed by atoms with E-state index in [0.29, 0.717) is 29.9 Å². The second-order valence-corrected chi connectivity index (χ2v) is 8.69. The van der Waals surface area contributed by atoms with E-state index in [0.717, 1.165) is 25.7 Å². The predicted octanol–water partition coefficient (Wildman–Crippen LogP) is 4.15. The highest BCUT2D eigenvalue weighted by Crippen LogP contribution is 2.17. The summed E-state index contributed by atoms with van der Waals surface area (Å²) in [6, 6.07) is 12.6. The Morgan fingerprint density at radius 3 is 2.27 bits per heavy atom. The van der Waals surface area contributed by atoms with Gasteiger partial charge in [0.15, 0.2) is 0 Å². The van der Waals surface area contributed by atoms with Crippen molar-refractivity contribution in [2.45, 2.75) is 50.8 Å². The minimum atomic E-state index is -3.57. The molecule has 0 fully saturated rings. The normalized spacial score (nSPS) is 11.1. The van der Waals surface area contributed by atoms with Crippen LogP contribution in [0.15, 0.2) is 53.4 Å². The van der Waals surface area contributed by atoms with Gasteiger partial charge in [-0.15, -0.1) is 0 Å². The molecule has 30 heavy (non-hydrogen) atoms. The molecule has 7 nitrogen and oxygen atoms in total. The van der Waals surface area contributed by atoms with Crippen LogP contribution in [-0.2, 0) is 14.8 Å². The quantitative estimate of drug-likeness (QED) is 0.465. The highest BCUT2D eigenvalue weighted by atomic mass is 32.2.